The Morgan fingerprint density at radius 2 is 0.571 bits per heavy atom. The van der Waals surface area contributed by atoms with Gasteiger partial charge in [-0.25, -0.2) is 0 Å². The van der Waals surface area contributed by atoms with Crippen molar-refractivity contribution < 1.29 is 24.8 Å². The fraction of sp³-hybridized carbons (Fsp3) is 0. The standard InChI is InChI=1S/Ca.5ClH.H3P/h;5*1H;1H3/q+2;;;;;;/p-2. The van der Waals surface area contributed by atoms with E-state index in [-0.39, 0.29) is 110 Å². The average molecular weight is 254 g/mol. The second-order valence-corrected chi connectivity index (χ2v) is 0. The summed E-state index contributed by atoms with van der Waals surface area (Å²) in [6.07, 6.45) is 0. The van der Waals surface area contributed by atoms with Gasteiger partial charge >= 0.3 is 37.7 Å². The molecule has 0 spiro atoms. The van der Waals surface area contributed by atoms with E-state index in [1.54, 1.807) is 0 Å². The summed E-state index contributed by atoms with van der Waals surface area (Å²) in [5.74, 6) is 0. The van der Waals surface area contributed by atoms with Crippen LogP contribution in [-0.4, -0.2) is 37.7 Å². The third kappa shape index (κ3) is 47.3. The monoisotopic (exact) mass is 252 g/mol. The third-order valence-electron chi connectivity index (χ3n) is 0. The van der Waals surface area contributed by atoms with Gasteiger partial charge in [-0.15, -0.1) is 37.2 Å². The van der Waals surface area contributed by atoms with Gasteiger partial charge in [-0.3, -0.25) is 0 Å². The first-order chi connectivity index (χ1) is 0. The van der Waals surface area contributed by atoms with Crippen molar-refractivity contribution in [2.75, 3.05) is 0 Å². The van der Waals surface area contributed by atoms with Crippen molar-refractivity contribution in [2.45, 2.75) is 0 Å². The van der Waals surface area contributed by atoms with Crippen LogP contribution in [0.4, 0.5) is 0 Å². The molecule has 7 heteroatoms. The maximum atomic E-state index is 0. The first-order valence-corrected chi connectivity index (χ1v) is 0. The molecule has 0 radical (unpaired) electrons. The Bertz CT molecular complexity index is 8.04. The third-order valence-corrected chi connectivity index (χ3v) is 0. The molecular formula is H6CaCl5P. The van der Waals surface area contributed by atoms with Crippen molar-refractivity contribution in [3.63, 3.8) is 0 Å². The van der Waals surface area contributed by atoms with Gasteiger partial charge in [0.25, 0.3) is 0 Å². The second kappa shape index (κ2) is 61.4. The van der Waals surface area contributed by atoms with E-state index in [9.17, 15) is 0 Å². The van der Waals surface area contributed by atoms with Gasteiger partial charge in [0.05, 0.1) is 0 Å². The predicted octanol–water partition coefficient (Wildman–Crippen LogP) is -5.05. The van der Waals surface area contributed by atoms with Crippen molar-refractivity contribution >= 4 is 84.9 Å². The van der Waals surface area contributed by atoms with Crippen molar-refractivity contribution in [1.82, 2.24) is 0 Å². The SMILES string of the molecule is Cl.Cl.Cl.P.[Ca+2].[Cl-].[Cl-]. The Morgan fingerprint density at radius 3 is 0.571 bits per heavy atom. The molecule has 0 fully saturated rings. The van der Waals surface area contributed by atoms with Crippen LogP contribution in [0.5, 0.6) is 0 Å². The van der Waals surface area contributed by atoms with E-state index in [1.807, 2.05) is 0 Å². The number of rotatable bonds is 0. The summed E-state index contributed by atoms with van der Waals surface area (Å²) < 4.78 is 0. The topological polar surface area (TPSA) is 0 Å². The minimum Gasteiger partial charge on any atom is -1.00 e. The minimum atomic E-state index is 0. The van der Waals surface area contributed by atoms with Crippen LogP contribution in [0.15, 0.2) is 0 Å². The molecule has 0 bridgehead atoms. The van der Waals surface area contributed by atoms with Crippen LogP contribution in [0.2, 0.25) is 0 Å². The maximum absolute atomic E-state index is 0. The van der Waals surface area contributed by atoms with Crippen molar-refractivity contribution in [2.24, 2.45) is 0 Å². The van der Waals surface area contributed by atoms with Gasteiger partial charge in [-0.2, -0.15) is 9.90 Å². The zero-order chi connectivity index (χ0) is 0. The molecule has 0 aliphatic rings. The molecule has 1 unspecified atom stereocenters. The minimum absolute atomic E-state index is 0. The molecule has 0 aromatic carbocycles. The summed E-state index contributed by atoms with van der Waals surface area (Å²) in [5.41, 5.74) is 0. The zero-order valence-corrected chi connectivity index (χ0v) is 11.0. The van der Waals surface area contributed by atoms with Crippen LogP contribution in [0.1, 0.15) is 0 Å². The van der Waals surface area contributed by atoms with Gasteiger partial charge < -0.3 is 24.8 Å². The van der Waals surface area contributed by atoms with Crippen LogP contribution in [-0.2, 0) is 0 Å². The molecule has 0 aromatic rings. The van der Waals surface area contributed by atoms with Gasteiger partial charge in [0.1, 0.15) is 0 Å². The fourth-order valence-electron chi connectivity index (χ4n) is 0. The van der Waals surface area contributed by atoms with E-state index in [0.29, 0.717) is 0 Å². The molecule has 0 heterocycles. The molecule has 0 nitrogen and oxygen atoms in total. The molecule has 1 atom stereocenters. The normalized spacial score (nSPS) is 0. The molecule has 0 rings (SSSR count). The van der Waals surface area contributed by atoms with Gasteiger partial charge in [0.15, 0.2) is 0 Å². The van der Waals surface area contributed by atoms with Crippen LogP contribution < -0.4 is 24.8 Å². The summed E-state index contributed by atoms with van der Waals surface area (Å²) in [4.78, 5) is 0. The van der Waals surface area contributed by atoms with E-state index in [0.717, 1.165) is 0 Å². The van der Waals surface area contributed by atoms with Crippen molar-refractivity contribution in [1.29, 1.82) is 0 Å². The summed E-state index contributed by atoms with van der Waals surface area (Å²) in [6, 6.07) is 0. The van der Waals surface area contributed by atoms with Crippen molar-refractivity contribution in [3.8, 4) is 0 Å². The zero-order valence-electron chi connectivity index (χ0n) is 3.39. The number of hydrogen-bond acceptors (Lipinski definition) is 0. The summed E-state index contributed by atoms with van der Waals surface area (Å²) >= 11 is 0. The van der Waals surface area contributed by atoms with Crippen LogP contribution >= 0.6 is 47.1 Å². The van der Waals surface area contributed by atoms with Crippen LogP contribution in [0, 0.1) is 0 Å². The van der Waals surface area contributed by atoms with Gasteiger partial charge in [-0.05, 0) is 0 Å². The Kier molecular flexibility index (Phi) is 754. The quantitative estimate of drug-likeness (QED) is 0.300. The molecular weight excluding hydrogens is 248 g/mol. The molecule has 0 aliphatic carbocycles. The molecule has 0 amide bonds. The van der Waals surface area contributed by atoms with Gasteiger partial charge in [-0.1, -0.05) is 0 Å². The van der Waals surface area contributed by atoms with Crippen molar-refractivity contribution in [3.05, 3.63) is 0 Å². The predicted molar refractivity (Wildman–Crippen MR) is 38.6 cm³/mol. The first-order valence-electron chi connectivity index (χ1n) is 0. The Morgan fingerprint density at radius 1 is 0.571 bits per heavy atom. The molecule has 0 aliphatic heterocycles. The summed E-state index contributed by atoms with van der Waals surface area (Å²) in [6.45, 7) is 0. The number of halogens is 5. The maximum Gasteiger partial charge on any atom is 2.00 e. The largest absolute Gasteiger partial charge is 2.00 e. The van der Waals surface area contributed by atoms with Crippen LogP contribution in [0.3, 0.4) is 0 Å². The van der Waals surface area contributed by atoms with Gasteiger partial charge in [0.2, 0.25) is 0 Å². The molecule has 0 N–H and O–H groups in total. The van der Waals surface area contributed by atoms with Crippen LogP contribution in [0.25, 0.3) is 0 Å². The smallest absolute Gasteiger partial charge is 1.00 e. The van der Waals surface area contributed by atoms with E-state index < -0.39 is 0 Å². The molecule has 48 valence electrons. The molecule has 0 saturated carbocycles. The Balaban J connectivity index is 0. The van der Waals surface area contributed by atoms with E-state index in [2.05, 4.69) is 0 Å². The molecule has 0 aromatic heterocycles. The number of hydrogen-bond donors (Lipinski definition) is 0. The first kappa shape index (κ1) is 85.9. The Hall–Kier alpha value is 3.14. The van der Waals surface area contributed by atoms with E-state index in [1.165, 1.54) is 0 Å². The Labute approximate surface area is 108 Å². The summed E-state index contributed by atoms with van der Waals surface area (Å²) in [7, 11) is 0. The van der Waals surface area contributed by atoms with E-state index >= 15 is 0 Å². The summed E-state index contributed by atoms with van der Waals surface area (Å²) in [5, 5.41) is 0. The average Bonchev–Trinajstić information content (AvgIpc) is 0. The second-order valence-electron chi connectivity index (χ2n) is 0. The van der Waals surface area contributed by atoms with Gasteiger partial charge in [0, 0.05) is 0 Å². The fourth-order valence-corrected chi connectivity index (χ4v) is 0. The van der Waals surface area contributed by atoms with E-state index in [4.69, 9.17) is 0 Å². The molecule has 0 saturated heterocycles. The molecule has 7 heavy (non-hydrogen) atoms.